The zero-order chi connectivity index (χ0) is 8.81. The van der Waals surface area contributed by atoms with Crippen LogP contribution in [-0.4, -0.2) is 18.6 Å². The molecule has 0 fully saturated rings. The molecule has 0 saturated heterocycles. The summed E-state index contributed by atoms with van der Waals surface area (Å²) in [5.74, 6) is 0. The molecule has 0 bridgehead atoms. The molecule has 1 rings (SSSR count). The Morgan fingerprint density at radius 1 is 1.58 bits per heavy atom. The number of alkyl halides is 1. The lowest BCUT2D eigenvalue weighted by molar-refractivity contribution is 0.168. The van der Waals surface area contributed by atoms with Crippen molar-refractivity contribution in [2.45, 2.75) is 38.0 Å². The third kappa shape index (κ3) is 3.59. The monoisotopic (exact) mass is 188 g/mol. The van der Waals surface area contributed by atoms with Gasteiger partial charge < -0.3 is 4.74 Å². The topological polar surface area (TPSA) is 9.23 Å². The predicted molar refractivity (Wildman–Crippen MR) is 52.7 cm³/mol. The van der Waals surface area contributed by atoms with Gasteiger partial charge >= 0.3 is 0 Å². The van der Waals surface area contributed by atoms with E-state index in [0.29, 0.717) is 0 Å². The van der Waals surface area contributed by atoms with Gasteiger partial charge in [0.15, 0.2) is 0 Å². The molecule has 0 aromatic rings. The number of hydrogen-bond donors (Lipinski definition) is 0. The molecule has 0 spiro atoms. The van der Waals surface area contributed by atoms with E-state index < -0.39 is 0 Å². The molecular weight excluding hydrogens is 172 g/mol. The lowest BCUT2D eigenvalue weighted by Gasteiger charge is -2.05. The van der Waals surface area contributed by atoms with Crippen LogP contribution in [0.4, 0.5) is 0 Å². The molecule has 0 saturated carbocycles. The highest BCUT2D eigenvalue weighted by Crippen LogP contribution is 2.20. The van der Waals surface area contributed by atoms with E-state index in [4.69, 9.17) is 16.3 Å². The molecule has 0 aliphatic heterocycles. The van der Waals surface area contributed by atoms with Gasteiger partial charge in [-0.1, -0.05) is 12.5 Å². The molecule has 0 aromatic carbocycles. The average molecular weight is 189 g/mol. The Kier molecular flexibility index (Phi) is 4.70. The first-order valence-electron chi connectivity index (χ1n) is 4.74. The zero-order valence-electron chi connectivity index (χ0n) is 7.68. The van der Waals surface area contributed by atoms with Crippen LogP contribution in [0.15, 0.2) is 11.6 Å². The van der Waals surface area contributed by atoms with Gasteiger partial charge in [-0.25, -0.2) is 0 Å². The Hall–Kier alpha value is -0.0100. The Balaban J connectivity index is 2.37. The molecule has 1 unspecified atom stereocenters. The van der Waals surface area contributed by atoms with Crippen molar-refractivity contribution in [2.75, 3.05) is 13.2 Å². The molecule has 0 N–H and O–H groups in total. The summed E-state index contributed by atoms with van der Waals surface area (Å²) in [6, 6.07) is 0. The van der Waals surface area contributed by atoms with Gasteiger partial charge in [0, 0.05) is 6.61 Å². The first-order chi connectivity index (χ1) is 5.83. The van der Waals surface area contributed by atoms with E-state index in [1.165, 1.54) is 24.8 Å². The summed E-state index contributed by atoms with van der Waals surface area (Å²) in [5, 5.41) is 0.239. The maximum atomic E-state index is 6.06. The van der Waals surface area contributed by atoms with Crippen LogP contribution in [0.2, 0.25) is 0 Å². The van der Waals surface area contributed by atoms with Crippen molar-refractivity contribution in [1.82, 2.24) is 0 Å². The van der Waals surface area contributed by atoms with Gasteiger partial charge in [0.05, 0.1) is 12.0 Å². The maximum Gasteiger partial charge on any atom is 0.0677 e. The van der Waals surface area contributed by atoms with E-state index in [9.17, 15) is 0 Å². The first-order valence-corrected chi connectivity index (χ1v) is 5.18. The Morgan fingerprint density at radius 2 is 2.42 bits per heavy atom. The molecule has 1 aliphatic carbocycles. The summed E-state index contributed by atoms with van der Waals surface area (Å²) in [6.45, 7) is 3.60. The molecule has 0 radical (unpaired) electrons. The first kappa shape index (κ1) is 10.1. The highest BCUT2D eigenvalue weighted by molar-refractivity contribution is 6.21. The molecule has 1 aliphatic rings. The minimum atomic E-state index is 0.239. The molecular formula is C10H17ClO. The van der Waals surface area contributed by atoms with Gasteiger partial charge in [-0.3, -0.25) is 0 Å². The fourth-order valence-corrected chi connectivity index (χ4v) is 1.80. The number of halogens is 1. The normalized spacial score (nSPS) is 24.8. The Labute approximate surface area is 79.7 Å². The van der Waals surface area contributed by atoms with Crippen molar-refractivity contribution in [2.24, 2.45) is 0 Å². The summed E-state index contributed by atoms with van der Waals surface area (Å²) in [7, 11) is 0. The van der Waals surface area contributed by atoms with Crippen LogP contribution in [0.1, 0.15) is 32.6 Å². The fourth-order valence-electron chi connectivity index (χ4n) is 1.47. The van der Waals surface area contributed by atoms with Crippen molar-refractivity contribution in [3.05, 3.63) is 11.6 Å². The number of allylic oxidation sites excluding steroid dienone is 1. The van der Waals surface area contributed by atoms with Crippen LogP contribution in [0.3, 0.4) is 0 Å². The van der Waals surface area contributed by atoms with Gasteiger partial charge in [-0.05, 0) is 31.8 Å². The highest BCUT2D eigenvalue weighted by Gasteiger charge is 2.08. The van der Waals surface area contributed by atoms with Crippen molar-refractivity contribution >= 4 is 11.6 Å². The summed E-state index contributed by atoms with van der Waals surface area (Å²) < 4.78 is 5.35. The van der Waals surface area contributed by atoms with Crippen molar-refractivity contribution in [3.8, 4) is 0 Å². The molecule has 0 heterocycles. The van der Waals surface area contributed by atoms with Crippen LogP contribution in [-0.2, 0) is 4.74 Å². The summed E-state index contributed by atoms with van der Waals surface area (Å²) in [6.07, 6.45) is 6.98. The number of hydrogen-bond acceptors (Lipinski definition) is 1. The standard InChI is InChI=1S/C10H17ClO/c1-2-12-8-9-5-3-4-6-10(11)7-9/h7,10H,2-6,8H2,1H3. The van der Waals surface area contributed by atoms with Crippen LogP contribution in [0, 0.1) is 0 Å². The van der Waals surface area contributed by atoms with Crippen molar-refractivity contribution < 1.29 is 4.74 Å². The van der Waals surface area contributed by atoms with Gasteiger partial charge in [0.25, 0.3) is 0 Å². The van der Waals surface area contributed by atoms with Crippen LogP contribution >= 0.6 is 11.6 Å². The van der Waals surface area contributed by atoms with E-state index in [2.05, 4.69) is 6.08 Å². The average Bonchev–Trinajstić information content (AvgIpc) is 2.26. The Bertz CT molecular complexity index is 154. The molecule has 1 nitrogen and oxygen atoms in total. The second kappa shape index (κ2) is 5.60. The molecule has 0 aromatic heterocycles. The van der Waals surface area contributed by atoms with Crippen molar-refractivity contribution in [3.63, 3.8) is 0 Å². The second-order valence-electron chi connectivity index (χ2n) is 3.22. The third-order valence-electron chi connectivity index (χ3n) is 2.14. The van der Waals surface area contributed by atoms with E-state index in [0.717, 1.165) is 19.6 Å². The Morgan fingerprint density at radius 3 is 3.17 bits per heavy atom. The molecule has 12 heavy (non-hydrogen) atoms. The van der Waals surface area contributed by atoms with Crippen LogP contribution in [0.5, 0.6) is 0 Å². The zero-order valence-corrected chi connectivity index (χ0v) is 8.44. The largest absolute Gasteiger partial charge is 0.377 e. The van der Waals surface area contributed by atoms with E-state index in [-0.39, 0.29) is 5.38 Å². The second-order valence-corrected chi connectivity index (χ2v) is 3.78. The quantitative estimate of drug-likeness (QED) is 0.489. The van der Waals surface area contributed by atoms with Crippen LogP contribution in [0.25, 0.3) is 0 Å². The van der Waals surface area contributed by atoms with Gasteiger partial charge in [-0.2, -0.15) is 0 Å². The number of rotatable bonds is 3. The summed E-state index contributed by atoms with van der Waals surface area (Å²) >= 11 is 6.06. The third-order valence-corrected chi connectivity index (χ3v) is 2.48. The molecule has 1 atom stereocenters. The minimum absolute atomic E-state index is 0.239. The van der Waals surface area contributed by atoms with Gasteiger partial charge in [0.1, 0.15) is 0 Å². The van der Waals surface area contributed by atoms with Gasteiger partial charge in [-0.15, -0.1) is 11.6 Å². The smallest absolute Gasteiger partial charge is 0.0677 e. The lowest BCUT2D eigenvalue weighted by atomic mass is 10.1. The highest BCUT2D eigenvalue weighted by atomic mass is 35.5. The van der Waals surface area contributed by atoms with Gasteiger partial charge in [0.2, 0.25) is 0 Å². The fraction of sp³-hybridized carbons (Fsp3) is 0.800. The van der Waals surface area contributed by atoms with Crippen LogP contribution < -0.4 is 0 Å². The minimum Gasteiger partial charge on any atom is -0.377 e. The maximum absolute atomic E-state index is 6.06. The van der Waals surface area contributed by atoms with Crippen molar-refractivity contribution in [1.29, 1.82) is 0 Å². The van der Waals surface area contributed by atoms with E-state index in [1.54, 1.807) is 0 Å². The van der Waals surface area contributed by atoms with E-state index >= 15 is 0 Å². The lowest BCUT2D eigenvalue weighted by Crippen LogP contribution is -1.99. The summed E-state index contributed by atoms with van der Waals surface area (Å²) in [4.78, 5) is 0. The van der Waals surface area contributed by atoms with E-state index in [1.807, 2.05) is 6.92 Å². The molecule has 70 valence electrons. The molecule has 0 amide bonds. The SMILES string of the molecule is CCOCC1=CC(Cl)CCCC1. The summed E-state index contributed by atoms with van der Waals surface area (Å²) in [5.41, 5.74) is 1.38. The predicted octanol–water partition coefficient (Wildman–Crippen LogP) is 3.13. The molecule has 2 heteroatoms. The number of ether oxygens (including phenoxy) is 1.